The van der Waals surface area contributed by atoms with Gasteiger partial charge in [0.15, 0.2) is 18.1 Å². The van der Waals surface area contributed by atoms with Crippen molar-refractivity contribution in [3.05, 3.63) is 59.4 Å². The van der Waals surface area contributed by atoms with Crippen LogP contribution in [0.1, 0.15) is 10.5 Å². The van der Waals surface area contributed by atoms with E-state index < -0.39 is 18.5 Å². The average Bonchev–Trinajstić information content (AvgIpc) is 3.21. The van der Waals surface area contributed by atoms with Gasteiger partial charge in [-0.3, -0.25) is 4.79 Å². The molecule has 0 fully saturated rings. The number of esters is 1. The van der Waals surface area contributed by atoms with Crippen LogP contribution >= 0.6 is 11.6 Å². The summed E-state index contributed by atoms with van der Waals surface area (Å²) in [6.45, 7) is -0.515. The second-order valence-corrected chi connectivity index (χ2v) is 5.26. The maximum absolute atomic E-state index is 12.0. The molecule has 2 heterocycles. The predicted molar refractivity (Wildman–Crippen MR) is 85.8 cm³/mol. The molecule has 24 heavy (non-hydrogen) atoms. The molecular weight excluding hydrogens is 334 g/mol. The fourth-order valence-electron chi connectivity index (χ4n) is 2.10. The van der Waals surface area contributed by atoms with Gasteiger partial charge in [-0.25, -0.2) is 9.48 Å². The van der Waals surface area contributed by atoms with Crippen LogP contribution in [-0.4, -0.2) is 28.3 Å². The third-order valence-corrected chi connectivity index (χ3v) is 3.33. The lowest BCUT2D eigenvalue weighted by Gasteiger charge is -2.05. The van der Waals surface area contributed by atoms with Crippen molar-refractivity contribution in [1.82, 2.24) is 9.78 Å². The number of ether oxygens (including phenoxy) is 1. The third-order valence-electron chi connectivity index (χ3n) is 3.09. The molecule has 1 amide bonds. The molecule has 0 atom stereocenters. The summed E-state index contributed by atoms with van der Waals surface area (Å²) in [5.41, 5.74) is 6.16. The number of rotatable bonds is 5. The quantitative estimate of drug-likeness (QED) is 0.716. The minimum absolute atomic E-state index is 0.0163. The molecule has 0 aliphatic heterocycles. The smallest absolute Gasteiger partial charge is 0.359 e. The summed E-state index contributed by atoms with van der Waals surface area (Å²) >= 11 is 6.02. The molecule has 0 saturated carbocycles. The first-order valence-electron chi connectivity index (χ1n) is 6.90. The first-order chi connectivity index (χ1) is 11.5. The van der Waals surface area contributed by atoms with E-state index in [4.69, 9.17) is 26.5 Å². The minimum Gasteiger partial charge on any atom is -0.463 e. The summed E-state index contributed by atoms with van der Waals surface area (Å²) in [5.74, 6) is -0.998. The zero-order valence-electron chi connectivity index (χ0n) is 12.3. The summed E-state index contributed by atoms with van der Waals surface area (Å²) in [6, 6.07) is 11.9. The van der Waals surface area contributed by atoms with Crippen molar-refractivity contribution in [1.29, 1.82) is 0 Å². The highest BCUT2D eigenvalue weighted by Gasteiger charge is 2.19. The van der Waals surface area contributed by atoms with E-state index in [2.05, 4.69) is 5.10 Å². The maximum atomic E-state index is 12.0. The van der Waals surface area contributed by atoms with Gasteiger partial charge >= 0.3 is 5.97 Å². The fourth-order valence-corrected chi connectivity index (χ4v) is 2.28. The number of nitrogens with two attached hydrogens (primary N) is 1. The number of benzene rings is 1. The van der Waals surface area contributed by atoms with Crippen molar-refractivity contribution < 1.29 is 18.7 Å². The summed E-state index contributed by atoms with van der Waals surface area (Å²) in [5, 5.41) is 4.75. The zero-order chi connectivity index (χ0) is 17.1. The van der Waals surface area contributed by atoms with Gasteiger partial charge in [0.2, 0.25) is 0 Å². The van der Waals surface area contributed by atoms with E-state index in [1.165, 1.54) is 17.0 Å². The molecule has 122 valence electrons. The molecule has 0 saturated heterocycles. The molecule has 1 aromatic carbocycles. The lowest BCUT2D eigenvalue weighted by atomic mass is 10.2. The fraction of sp³-hybridized carbons (Fsp3) is 0.0625. The standard InChI is InChI=1S/C16H12ClN3O4/c17-10-3-1-4-11(7-10)20-13(14-5-2-6-23-14)8-12(19-20)16(22)24-9-15(18)21/h1-8H,9H2,(H2,18,21). The van der Waals surface area contributed by atoms with Crippen LogP contribution in [0.5, 0.6) is 0 Å². The molecule has 2 aromatic heterocycles. The summed E-state index contributed by atoms with van der Waals surface area (Å²) in [6.07, 6.45) is 1.51. The topological polar surface area (TPSA) is 100 Å². The lowest BCUT2D eigenvalue weighted by Crippen LogP contribution is -2.21. The summed E-state index contributed by atoms with van der Waals surface area (Å²) < 4.78 is 11.7. The van der Waals surface area contributed by atoms with Gasteiger partial charge in [0.25, 0.3) is 5.91 Å². The Kier molecular flexibility index (Phi) is 4.35. The molecular formula is C16H12ClN3O4. The molecule has 8 heteroatoms. The number of aromatic nitrogens is 2. The molecule has 0 radical (unpaired) electrons. The van der Waals surface area contributed by atoms with E-state index in [9.17, 15) is 9.59 Å². The van der Waals surface area contributed by atoms with Crippen molar-refractivity contribution >= 4 is 23.5 Å². The first-order valence-corrected chi connectivity index (χ1v) is 7.27. The van der Waals surface area contributed by atoms with E-state index in [0.717, 1.165) is 0 Å². The maximum Gasteiger partial charge on any atom is 0.359 e. The van der Waals surface area contributed by atoms with Gasteiger partial charge in [0.1, 0.15) is 5.69 Å². The Bertz CT molecular complexity index is 887. The lowest BCUT2D eigenvalue weighted by molar-refractivity contribution is -0.121. The van der Waals surface area contributed by atoms with Crippen molar-refractivity contribution in [2.45, 2.75) is 0 Å². The van der Waals surface area contributed by atoms with Crippen molar-refractivity contribution in [2.24, 2.45) is 5.73 Å². The van der Waals surface area contributed by atoms with Gasteiger partial charge < -0.3 is 14.9 Å². The zero-order valence-corrected chi connectivity index (χ0v) is 13.1. The molecule has 0 aliphatic rings. The highest BCUT2D eigenvalue weighted by Crippen LogP contribution is 2.26. The van der Waals surface area contributed by atoms with E-state index in [1.807, 2.05) is 0 Å². The highest BCUT2D eigenvalue weighted by molar-refractivity contribution is 6.30. The van der Waals surface area contributed by atoms with Crippen LogP contribution in [0.3, 0.4) is 0 Å². The van der Waals surface area contributed by atoms with Crippen LogP contribution in [0.15, 0.2) is 53.1 Å². The Morgan fingerprint density at radius 2 is 2.08 bits per heavy atom. The number of carbonyl (C=O) groups excluding carboxylic acids is 2. The van der Waals surface area contributed by atoms with Crippen LogP contribution in [0, 0.1) is 0 Å². The van der Waals surface area contributed by atoms with Crippen LogP contribution in [0.4, 0.5) is 0 Å². The molecule has 0 aliphatic carbocycles. The second kappa shape index (κ2) is 6.59. The highest BCUT2D eigenvalue weighted by atomic mass is 35.5. The predicted octanol–water partition coefficient (Wildman–Crippen LogP) is 2.43. The van der Waals surface area contributed by atoms with Crippen LogP contribution in [0.2, 0.25) is 5.02 Å². The van der Waals surface area contributed by atoms with Crippen molar-refractivity contribution in [3.8, 4) is 17.1 Å². The average molecular weight is 346 g/mol. The van der Waals surface area contributed by atoms with Crippen molar-refractivity contribution in [2.75, 3.05) is 6.61 Å². The Balaban J connectivity index is 2.03. The van der Waals surface area contributed by atoms with E-state index in [-0.39, 0.29) is 5.69 Å². The Morgan fingerprint density at radius 1 is 1.25 bits per heavy atom. The van der Waals surface area contributed by atoms with Crippen molar-refractivity contribution in [3.63, 3.8) is 0 Å². The Hall–Kier alpha value is -3.06. The number of hydrogen-bond donors (Lipinski definition) is 1. The number of amides is 1. The Morgan fingerprint density at radius 3 is 2.75 bits per heavy atom. The van der Waals surface area contributed by atoms with Crippen LogP contribution in [-0.2, 0) is 9.53 Å². The van der Waals surface area contributed by atoms with Gasteiger partial charge in [-0.15, -0.1) is 0 Å². The Labute approximate surface area is 141 Å². The molecule has 7 nitrogen and oxygen atoms in total. The van der Waals surface area contributed by atoms with Gasteiger partial charge in [0, 0.05) is 11.1 Å². The SMILES string of the molecule is NC(=O)COC(=O)c1cc(-c2ccco2)n(-c2cccc(Cl)c2)n1. The van der Waals surface area contributed by atoms with Gasteiger partial charge in [-0.1, -0.05) is 17.7 Å². The number of hydrogen-bond acceptors (Lipinski definition) is 5. The van der Waals surface area contributed by atoms with Crippen LogP contribution < -0.4 is 5.73 Å². The molecule has 2 N–H and O–H groups in total. The minimum atomic E-state index is -0.762. The van der Waals surface area contributed by atoms with Gasteiger partial charge in [-0.2, -0.15) is 5.10 Å². The molecule has 0 unspecified atom stereocenters. The largest absolute Gasteiger partial charge is 0.463 e. The van der Waals surface area contributed by atoms with Crippen LogP contribution in [0.25, 0.3) is 17.1 Å². The van der Waals surface area contributed by atoms with E-state index in [0.29, 0.717) is 22.2 Å². The number of carbonyl (C=O) groups is 2. The normalized spacial score (nSPS) is 10.5. The number of primary amides is 1. The number of halogens is 1. The molecule has 3 rings (SSSR count). The van der Waals surface area contributed by atoms with Gasteiger partial charge in [0.05, 0.1) is 12.0 Å². The third kappa shape index (κ3) is 3.31. The van der Waals surface area contributed by atoms with Gasteiger partial charge in [-0.05, 0) is 30.3 Å². The monoisotopic (exact) mass is 345 g/mol. The molecule has 0 bridgehead atoms. The summed E-state index contributed by atoms with van der Waals surface area (Å²) in [4.78, 5) is 22.8. The van der Waals surface area contributed by atoms with E-state index in [1.54, 1.807) is 36.4 Å². The second-order valence-electron chi connectivity index (χ2n) is 4.83. The first kappa shape index (κ1) is 15.8. The molecule has 0 spiro atoms. The van der Waals surface area contributed by atoms with E-state index >= 15 is 0 Å². The number of nitrogens with zero attached hydrogens (tertiary/aromatic N) is 2. The summed E-state index contributed by atoms with van der Waals surface area (Å²) in [7, 11) is 0. The molecule has 3 aromatic rings. The number of furan rings is 1.